The second kappa shape index (κ2) is 7.02. The topological polar surface area (TPSA) is 46.6 Å². The first kappa shape index (κ1) is 15.2. The molecule has 0 atom stereocenters. The molecule has 1 aromatic carbocycles. The minimum Gasteiger partial charge on any atom is -0.469 e. The number of benzene rings is 1. The molecule has 1 aliphatic heterocycles. The van der Waals surface area contributed by atoms with Crippen LogP contribution in [-0.4, -0.2) is 37.0 Å². The van der Waals surface area contributed by atoms with E-state index in [9.17, 15) is 14.0 Å². The van der Waals surface area contributed by atoms with Gasteiger partial charge in [0.1, 0.15) is 5.82 Å². The quantitative estimate of drug-likeness (QED) is 0.754. The number of halogens is 1. The molecule has 0 aliphatic carbocycles. The van der Waals surface area contributed by atoms with Crippen molar-refractivity contribution in [1.29, 1.82) is 0 Å². The average molecular weight is 291 g/mol. The third kappa shape index (κ3) is 3.90. The molecule has 0 unspecified atom stereocenters. The Balaban J connectivity index is 1.84. The summed E-state index contributed by atoms with van der Waals surface area (Å²) in [6.07, 6.45) is 2.90. The lowest BCUT2D eigenvalue weighted by molar-refractivity contribution is -0.140. The smallest absolute Gasteiger partial charge is 0.305 e. The first-order valence-corrected chi connectivity index (χ1v) is 6.90. The molecule has 1 aliphatic rings. The van der Waals surface area contributed by atoms with Crippen molar-refractivity contribution in [3.05, 3.63) is 47.3 Å². The Kier molecular flexibility index (Phi) is 5.09. The summed E-state index contributed by atoms with van der Waals surface area (Å²) < 4.78 is 18.1. The Labute approximate surface area is 123 Å². The van der Waals surface area contributed by atoms with Gasteiger partial charge in [-0.2, -0.15) is 0 Å². The number of hydrogen-bond acceptors (Lipinski definition) is 3. The van der Waals surface area contributed by atoms with Crippen LogP contribution in [0.5, 0.6) is 0 Å². The van der Waals surface area contributed by atoms with Gasteiger partial charge in [-0.05, 0) is 24.5 Å². The summed E-state index contributed by atoms with van der Waals surface area (Å²) in [5.74, 6) is -0.647. The highest BCUT2D eigenvalue weighted by atomic mass is 19.1. The lowest BCUT2D eigenvalue weighted by Crippen LogP contribution is -2.29. The van der Waals surface area contributed by atoms with Gasteiger partial charge < -0.3 is 9.64 Å². The maximum absolute atomic E-state index is 13.5. The van der Waals surface area contributed by atoms with Crippen LogP contribution >= 0.6 is 0 Å². The van der Waals surface area contributed by atoms with Crippen LogP contribution in [0.2, 0.25) is 0 Å². The third-order valence-corrected chi connectivity index (χ3v) is 3.56. The largest absolute Gasteiger partial charge is 0.469 e. The van der Waals surface area contributed by atoms with Crippen LogP contribution in [0.1, 0.15) is 18.4 Å². The lowest BCUT2D eigenvalue weighted by Gasteiger charge is -2.16. The van der Waals surface area contributed by atoms with E-state index in [0.29, 0.717) is 37.1 Å². The monoisotopic (exact) mass is 291 g/mol. The summed E-state index contributed by atoms with van der Waals surface area (Å²) in [6, 6.07) is 6.57. The van der Waals surface area contributed by atoms with Crippen molar-refractivity contribution in [2.75, 3.05) is 20.2 Å². The summed E-state index contributed by atoms with van der Waals surface area (Å²) in [4.78, 5) is 24.9. The van der Waals surface area contributed by atoms with Gasteiger partial charge in [0.15, 0.2) is 0 Å². The standard InChI is InChI=1S/C16H18FNO3/c1-21-15(19)7-6-13-9-11-18(16(13)20)10-8-12-4-2-3-5-14(12)17/h2-5,9H,6-8,10-11H2,1H3. The molecule has 0 spiro atoms. The molecule has 0 saturated carbocycles. The molecule has 1 heterocycles. The van der Waals surface area contributed by atoms with Crippen molar-refractivity contribution < 1.29 is 18.7 Å². The molecule has 1 aromatic rings. The molecule has 5 heteroatoms. The molecule has 2 rings (SSSR count). The zero-order valence-corrected chi connectivity index (χ0v) is 12.0. The van der Waals surface area contributed by atoms with Gasteiger partial charge in [0, 0.05) is 25.1 Å². The van der Waals surface area contributed by atoms with E-state index in [2.05, 4.69) is 4.74 Å². The minimum absolute atomic E-state index is 0.0738. The van der Waals surface area contributed by atoms with Gasteiger partial charge in [0.2, 0.25) is 5.91 Å². The summed E-state index contributed by atoms with van der Waals surface area (Å²) in [7, 11) is 1.33. The fraction of sp³-hybridized carbons (Fsp3) is 0.375. The molecule has 1 amide bonds. The molecule has 0 bridgehead atoms. The Hall–Kier alpha value is -2.17. The van der Waals surface area contributed by atoms with Crippen LogP contribution in [0.15, 0.2) is 35.9 Å². The highest BCUT2D eigenvalue weighted by molar-refractivity contribution is 5.96. The van der Waals surface area contributed by atoms with Crippen LogP contribution in [0.4, 0.5) is 4.39 Å². The van der Waals surface area contributed by atoms with E-state index in [0.717, 1.165) is 0 Å². The molecule has 0 aromatic heterocycles. The molecule has 112 valence electrons. The lowest BCUT2D eigenvalue weighted by atomic mass is 10.1. The number of carbonyl (C=O) groups is 2. The van der Waals surface area contributed by atoms with Crippen molar-refractivity contribution in [2.24, 2.45) is 0 Å². The highest BCUT2D eigenvalue weighted by Crippen LogP contribution is 2.17. The molecule has 4 nitrogen and oxygen atoms in total. The van der Waals surface area contributed by atoms with Crippen LogP contribution in [0, 0.1) is 5.82 Å². The average Bonchev–Trinajstić information content (AvgIpc) is 2.84. The highest BCUT2D eigenvalue weighted by Gasteiger charge is 2.23. The van der Waals surface area contributed by atoms with Crippen LogP contribution in [-0.2, 0) is 20.7 Å². The minimum atomic E-state index is -0.325. The number of rotatable bonds is 6. The zero-order chi connectivity index (χ0) is 15.2. The first-order valence-electron chi connectivity index (χ1n) is 6.90. The number of hydrogen-bond donors (Lipinski definition) is 0. The van der Waals surface area contributed by atoms with Gasteiger partial charge in [0.25, 0.3) is 0 Å². The predicted molar refractivity (Wildman–Crippen MR) is 76.0 cm³/mol. The fourth-order valence-electron chi connectivity index (χ4n) is 2.29. The van der Waals surface area contributed by atoms with Crippen LogP contribution in [0.25, 0.3) is 0 Å². The van der Waals surface area contributed by atoms with Crippen molar-refractivity contribution in [1.82, 2.24) is 4.90 Å². The SMILES string of the molecule is COC(=O)CCC1=CCN(CCc2ccccc2F)C1=O. The fourth-order valence-corrected chi connectivity index (χ4v) is 2.29. The van der Waals surface area contributed by atoms with Crippen LogP contribution < -0.4 is 0 Å². The van der Waals surface area contributed by atoms with E-state index >= 15 is 0 Å². The van der Waals surface area contributed by atoms with Crippen molar-refractivity contribution in [3.63, 3.8) is 0 Å². The Morgan fingerprint density at radius 2 is 2.10 bits per heavy atom. The molecule has 0 fully saturated rings. The molecule has 0 N–H and O–H groups in total. The second-order valence-corrected chi connectivity index (χ2v) is 4.90. The molecular weight excluding hydrogens is 273 g/mol. The molecule has 0 radical (unpaired) electrons. The maximum Gasteiger partial charge on any atom is 0.305 e. The normalized spacial score (nSPS) is 14.3. The summed E-state index contributed by atoms with van der Waals surface area (Å²) >= 11 is 0. The van der Waals surface area contributed by atoms with Crippen molar-refractivity contribution in [2.45, 2.75) is 19.3 Å². The van der Waals surface area contributed by atoms with Gasteiger partial charge in [-0.25, -0.2) is 4.39 Å². The Morgan fingerprint density at radius 1 is 1.33 bits per heavy atom. The van der Waals surface area contributed by atoms with Gasteiger partial charge in [-0.1, -0.05) is 24.3 Å². The van der Waals surface area contributed by atoms with Gasteiger partial charge in [-0.3, -0.25) is 9.59 Å². The van der Waals surface area contributed by atoms with E-state index in [1.807, 2.05) is 6.08 Å². The van der Waals surface area contributed by atoms with E-state index in [1.165, 1.54) is 13.2 Å². The van der Waals surface area contributed by atoms with Crippen LogP contribution in [0.3, 0.4) is 0 Å². The number of ether oxygens (including phenoxy) is 1. The van der Waals surface area contributed by atoms with E-state index < -0.39 is 0 Å². The van der Waals surface area contributed by atoms with Crippen molar-refractivity contribution in [3.8, 4) is 0 Å². The number of methoxy groups -OCH3 is 1. The van der Waals surface area contributed by atoms with E-state index in [4.69, 9.17) is 0 Å². The van der Waals surface area contributed by atoms with Gasteiger partial charge >= 0.3 is 5.97 Å². The summed E-state index contributed by atoms with van der Waals surface area (Å²) in [5, 5.41) is 0. The Bertz CT molecular complexity index is 568. The molecule has 0 saturated heterocycles. The number of carbonyl (C=O) groups excluding carboxylic acids is 2. The molecule has 21 heavy (non-hydrogen) atoms. The van der Waals surface area contributed by atoms with E-state index in [1.54, 1.807) is 23.1 Å². The van der Waals surface area contributed by atoms with Gasteiger partial charge in [0.05, 0.1) is 7.11 Å². The number of esters is 1. The summed E-state index contributed by atoms with van der Waals surface area (Å²) in [5.41, 5.74) is 1.24. The zero-order valence-electron chi connectivity index (χ0n) is 12.0. The summed E-state index contributed by atoms with van der Waals surface area (Å²) in [6.45, 7) is 0.988. The predicted octanol–water partition coefficient (Wildman–Crippen LogP) is 2.09. The number of amides is 1. The van der Waals surface area contributed by atoms with Gasteiger partial charge in [-0.15, -0.1) is 0 Å². The maximum atomic E-state index is 13.5. The van der Waals surface area contributed by atoms with Crippen molar-refractivity contribution >= 4 is 11.9 Å². The molecular formula is C16H18FNO3. The Morgan fingerprint density at radius 3 is 2.81 bits per heavy atom. The second-order valence-electron chi connectivity index (χ2n) is 4.90. The first-order chi connectivity index (χ1) is 10.1. The van der Waals surface area contributed by atoms with E-state index in [-0.39, 0.29) is 24.1 Å². The number of nitrogens with zero attached hydrogens (tertiary/aromatic N) is 1. The third-order valence-electron chi connectivity index (χ3n) is 3.56.